The molecule has 1 fully saturated rings. The van der Waals surface area contributed by atoms with Crippen LogP contribution in [0.25, 0.3) is 0 Å². The molecule has 1 unspecified atom stereocenters. The summed E-state index contributed by atoms with van der Waals surface area (Å²) in [6, 6.07) is 2.40. The molecular weight excluding hydrogens is 216 g/mol. The van der Waals surface area contributed by atoms with Crippen molar-refractivity contribution in [3.63, 3.8) is 0 Å². The summed E-state index contributed by atoms with van der Waals surface area (Å²) in [5.74, 6) is -0.135. The molecule has 1 aliphatic carbocycles. The van der Waals surface area contributed by atoms with Gasteiger partial charge in [-0.15, -0.1) is 0 Å². The molecule has 1 atom stereocenters. The van der Waals surface area contributed by atoms with Gasteiger partial charge in [0, 0.05) is 6.20 Å². The van der Waals surface area contributed by atoms with Crippen molar-refractivity contribution in [2.45, 2.75) is 57.6 Å². The molecule has 0 bridgehead atoms. The van der Waals surface area contributed by atoms with Gasteiger partial charge >= 0.3 is 0 Å². The van der Waals surface area contributed by atoms with E-state index < -0.39 is 6.10 Å². The molecule has 94 valence electrons. The van der Waals surface area contributed by atoms with E-state index in [1.165, 1.54) is 25.7 Å². The summed E-state index contributed by atoms with van der Waals surface area (Å²) in [6.07, 6.45) is 6.75. The van der Waals surface area contributed by atoms with Crippen LogP contribution in [-0.4, -0.2) is 26.8 Å². The molecular formula is C13H20N2O2. The van der Waals surface area contributed by atoms with Crippen LogP contribution in [0.5, 0.6) is 0 Å². The molecule has 0 aliphatic heterocycles. The molecule has 1 saturated carbocycles. The average Bonchev–Trinajstić information content (AvgIpc) is 2.97. The summed E-state index contributed by atoms with van der Waals surface area (Å²) in [4.78, 5) is 11.6. The van der Waals surface area contributed by atoms with Crippen LogP contribution in [0, 0.1) is 0 Å². The van der Waals surface area contributed by atoms with Crippen molar-refractivity contribution in [1.29, 1.82) is 0 Å². The van der Waals surface area contributed by atoms with Gasteiger partial charge in [-0.1, -0.05) is 19.8 Å². The first-order valence-electron chi connectivity index (χ1n) is 6.45. The molecule has 2 rings (SSSR count). The fourth-order valence-corrected chi connectivity index (χ4v) is 2.37. The van der Waals surface area contributed by atoms with E-state index in [9.17, 15) is 9.90 Å². The van der Waals surface area contributed by atoms with Gasteiger partial charge in [0.05, 0.1) is 18.2 Å². The number of hydrogen-bond donors (Lipinski definition) is 1. The van der Waals surface area contributed by atoms with E-state index in [4.69, 9.17) is 0 Å². The summed E-state index contributed by atoms with van der Waals surface area (Å²) in [5, 5.41) is 13.9. The Morgan fingerprint density at radius 2 is 2.29 bits per heavy atom. The van der Waals surface area contributed by atoms with E-state index in [1.54, 1.807) is 6.92 Å². The van der Waals surface area contributed by atoms with Crippen molar-refractivity contribution in [2.75, 3.05) is 0 Å². The molecule has 0 aromatic carbocycles. The predicted octanol–water partition coefficient (Wildman–Crippen LogP) is 1.88. The number of Topliss-reactive ketones (excluding diaryl/α,β-unsaturated/α-hetero) is 1. The second kappa shape index (κ2) is 5.45. The minimum absolute atomic E-state index is 0.135. The molecule has 0 radical (unpaired) electrons. The number of carbonyl (C=O) groups excluding carboxylic acids is 1. The van der Waals surface area contributed by atoms with E-state index in [0.29, 0.717) is 12.5 Å². The third-order valence-corrected chi connectivity index (χ3v) is 3.48. The van der Waals surface area contributed by atoms with Crippen LogP contribution in [0.4, 0.5) is 0 Å². The van der Waals surface area contributed by atoms with Crippen molar-refractivity contribution in [1.82, 2.24) is 9.78 Å². The average molecular weight is 236 g/mol. The molecule has 1 aromatic heterocycles. The van der Waals surface area contributed by atoms with Gasteiger partial charge in [-0.05, 0) is 25.3 Å². The Balaban J connectivity index is 1.96. The molecule has 1 heterocycles. The summed E-state index contributed by atoms with van der Waals surface area (Å²) in [6.45, 7) is 1.81. The van der Waals surface area contributed by atoms with Gasteiger partial charge in [-0.2, -0.15) is 5.10 Å². The van der Waals surface area contributed by atoms with Crippen LogP contribution < -0.4 is 0 Å². The molecule has 0 saturated heterocycles. The number of aromatic nitrogens is 2. The van der Waals surface area contributed by atoms with E-state index >= 15 is 0 Å². The summed E-state index contributed by atoms with van der Waals surface area (Å²) < 4.78 is 1.98. The highest BCUT2D eigenvalue weighted by molar-refractivity contribution is 5.84. The maximum absolute atomic E-state index is 11.6. The van der Waals surface area contributed by atoms with Crippen LogP contribution in [0.15, 0.2) is 12.3 Å². The topological polar surface area (TPSA) is 55.1 Å². The number of aliphatic hydroxyl groups is 1. The van der Waals surface area contributed by atoms with Crippen molar-refractivity contribution in [3.8, 4) is 0 Å². The quantitative estimate of drug-likeness (QED) is 0.849. The lowest BCUT2D eigenvalue weighted by Gasteiger charge is -2.09. The van der Waals surface area contributed by atoms with Crippen LogP contribution in [0.1, 0.15) is 50.8 Å². The number of ketones is 1. The predicted molar refractivity (Wildman–Crippen MR) is 64.7 cm³/mol. The number of carbonyl (C=O) groups is 1. The minimum atomic E-state index is -0.841. The number of rotatable bonds is 5. The van der Waals surface area contributed by atoms with E-state index in [1.807, 2.05) is 16.9 Å². The maximum Gasteiger partial charge on any atom is 0.167 e. The Morgan fingerprint density at radius 1 is 1.59 bits per heavy atom. The summed E-state index contributed by atoms with van der Waals surface area (Å²) in [5.41, 5.74) is 0.773. The lowest BCUT2D eigenvalue weighted by molar-refractivity contribution is -0.126. The number of hydrogen-bond acceptors (Lipinski definition) is 3. The van der Waals surface area contributed by atoms with Crippen LogP contribution >= 0.6 is 0 Å². The molecule has 1 N–H and O–H groups in total. The number of nitrogens with zero attached hydrogens (tertiary/aromatic N) is 2. The van der Waals surface area contributed by atoms with Gasteiger partial charge in [0.1, 0.15) is 6.10 Å². The normalized spacial score (nSPS) is 18.5. The van der Waals surface area contributed by atoms with Crippen molar-refractivity contribution >= 4 is 5.78 Å². The minimum Gasteiger partial charge on any atom is -0.385 e. The lowest BCUT2D eigenvalue weighted by atomic mass is 10.1. The largest absolute Gasteiger partial charge is 0.385 e. The van der Waals surface area contributed by atoms with Crippen molar-refractivity contribution in [3.05, 3.63) is 18.0 Å². The Kier molecular flexibility index (Phi) is 3.94. The van der Waals surface area contributed by atoms with Gasteiger partial charge in [0.2, 0.25) is 0 Å². The Bertz CT molecular complexity index is 381. The fraction of sp³-hybridized carbons (Fsp3) is 0.692. The molecule has 0 amide bonds. The highest BCUT2D eigenvalue weighted by Gasteiger charge is 2.19. The lowest BCUT2D eigenvalue weighted by Crippen LogP contribution is -2.21. The van der Waals surface area contributed by atoms with Crippen LogP contribution in [0.2, 0.25) is 0 Å². The SMILES string of the molecule is CCC(O)C(=O)Cc1ccn(C2CCCC2)n1. The van der Waals surface area contributed by atoms with Gasteiger partial charge in [-0.3, -0.25) is 9.48 Å². The van der Waals surface area contributed by atoms with Crippen molar-refractivity contribution < 1.29 is 9.90 Å². The van der Waals surface area contributed by atoms with E-state index in [0.717, 1.165) is 5.69 Å². The second-order valence-corrected chi connectivity index (χ2v) is 4.79. The van der Waals surface area contributed by atoms with E-state index in [2.05, 4.69) is 5.10 Å². The van der Waals surface area contributed by atoms with E-state index in [-0.39, 0.29) is 12.2 Å². The molecule has 4 heteroatoms. The van der Waals surface area contributed by atoms with Gasteiger partial charge < -0.3 is 5.11 Å². The zero-order chi connectivity index (χ0) is 12.3. The first-order valence-corrected chi connectivity index (χ1v) is 6.45. The second-order valence-electron chi connectivity index (χ2n) is 4.79. The van der Waals surface area contributed by atoms with Crippen LogP contribution in [-0.2, 0) is 11.2 Å². The summed E-state index contributed by atoms with van der Waals surface area (Å²) >= 11 is 0. The third kappa shape index (κ3) is 2.94. The highest BCUT2D eigenvalue weighted by atomic mass is 16.3. The van der Waals surface area contributed by atoms with Crippen molar-refractivity contribution in [2.24, 2.45) is 0 Å². The highest BCUT2D eigenvalue weighted by Crippen LogP contribution is 2.28. The summed E-state index contributed by atoms with van der Waals surface area (Å²) in [7, 11) is 0. The standard InChI is InChI=1S/C13H20N2O2/c1-2-12(16)13(17)9-10-7-8-15(14-10)11-5-3-4-6-11/h7-8,11-12,16H,2-6,9H2,1H3. The Labute approximate surface area is 102 Å². The van der Waals surface area contributed by atoms with Gasteiger partial charge in [0.25, 0.3) is 0 Å². The molecule has 17 heavy (non-hydrogen) atoms. The Morgan fingerprint density at radius 3 is 2.94 bits per heavy atom. The zero-order valence-corrected chi connectivity index (χ0v) is 10.3. The monoisotopic (exact) mass is 236 g/mol. The molecule has 1 aromatic rings. The fourth-order valence-electron chi connectivity index (χ4n) is 2.37. The first kappa shape index (κ1) is 12.3. The maximum atomic E-state index is 11.6. The van der Waals surface area contributed by atoms with Gasteiger partial charge in [0.15, 0.2) is 5.78 Å². The molecule has 1 aliphatic rings. The smallest absolute Gasteiger partial charge is 0.167 e. The third-order valence-electron chi connectivity index (χ3n) is 3.48. The van der Waals surface area contributed by atoms with Gasteiger partial charge in [-0.25, -0.2) is 0 Å². The molecule has 0 spiro atoms. The van der Waals surface area contributed by atoms with Crippen LogP contribution in [0.3, 0.4) is 0 Å². The number of aliphatic hydroxyl groups excluding tert-OH is 1. The first-order chi connectivity index (χ1) is 8.20. The Hall–Kier alpha value is -1.16. The zero-order valence-electron chi connectivity index (χ0n) is 10.3. The molecule has 4 nitrogen and oxygen atoms in total.